The van der Waals surface area contributed by atoms with Crippen molar-refractivity contribution in [2.45, 2.75) is 58.2 Å². The molecule has 0 saturated heterocycles. The minimum absolute atomic E-state index is 0.0787. The Balaban J connectivity index is 2.55. The van der Waals surface area contributed by atoms with Crippen LogP contribution in [-0.4, -0.2) is 18.2 Å². The summed E-state index contributed by atoms with van der Waals surface area (Å²) in [5.74, 6) is 0.680. The maximum absolute atomic E-state index is 5.95. The average molecular weight is 185 g/mol. The average Bonchev–Trinajstić information content (AvgIpc) is 2.55. The van der Waals surface area contributed by atoms with Gasteiger partial charge in [-0.3, -0.25) is 0 Å². The first-order valence-electron chi connectivity index (χ1n) is 5.46. The summed E-state index contributed by atoms with van der Waals surface area (Å²) in [6.07, 6.45) is 5.57. The van der Waals surface area contributed by atoms with E-state index in [1.54, 1.807) is 0 Å². The van der Waals surface area contributed by atoms with E-state index in [1.165, 1.54) is 25.7 Å². The van der Waals surface area contributed by atoms with Gasteiger partial charge in [-0.15, -0.1) is 0 Å². The Kier molecular flexibility index (Phi) is 3.74. The van der Waals surface area contributed by atoms with Crippen LogP contribution in [0.25, 0.3) is 0 Å². The normalized spacial score (nSPS) is 23.8. The van der Waals surface area contributed by atoms with Crippen molar-refractivity contribution in [3.05, 3.63) is 0 Å². The van der Waals surface area contributed by atoms with Crippen LogP contribution in [-0.2, 0) is 4.74 Å². The fourth-order valence-corrected chi connectivity index (χ4v) is 2.39. The summed E-state index contributed by atoms with van der Waals surface area (Å²) in [5, 5.41) is 0. The molecule has 2 N–H and O–H groups in total. The van der Waals surface area contributed by atoms with Crippen LogP contribution in [0.15, 0.2) is 0 Å². The molecule has 1 rings (SSSR count). The van der Waals surface area contributed by atoms with Crippen molar-refractivity contribution in [2.75, 3.05) is 6.54 Å². The standard InChI is InChI=1S/C11H23NO/c1-9(2)13-11(3,8-12)10-6-4-5-7-10/h9-10H,4-8,12H2,1-3H3. The van der Waals surface area contributed by atoms with E-state index in [0.717, 1.165) is 0 Å². The van der Waals surface area contributed by atoms with Gasteiger partial charge in [0, 0.05) is 6.54 Å². The summed E-state index contributed by atoms with van der Waals surface area (Å²) < 4.78 is 5.95. The monoisotopic (exact) mass is 185 g/mol. The Morgan fingerprint density at radius 1 is 1.38 bits per heavy atom. The van der Waals surface area contributed by atoms with Crippen molar-refractivity contribution in [2.24, 2.45) is 11.7 Å². The maximum Gasteiger partial charge on any atom is 0.0807 e. The molecule has 1 unspecified atom stereocenters. The molecule has 13 heavy (non-hydrogen) atoms. The van der Waals surface area contributed by atoms with Crippen molar-refractivity contribution in [1.29, 1.82) is 0 Å². The molecular formula is C11H23NO. The SMILES string of the molecule is CC(C)OC(C)(CN)C1CCCC1. The molecule has 0 spiro atoms. The molecule has 1 aliphatic carbocycles. The van der Waals surface area contributed by atoms with E-state index in [0.29, 0.717) is 12.5 Å². The van der Waals surface area contributed by atoms with Crippen molar-refractivity contribution in [3.63, 3.8) is 0 Å². The zero-order valence-electron chi connectivity index (χ0n) is 9.18. The lowest BCUT2D eigenvalue weighted by molar-refractivity contribution is -0.0966. The lowest BCUT2D eigenvalue weighted by Gasteiger charge is -2.36. The predicted octanol–water partition coefficient (Wildman–Crippen LogP) is 2.32. The van der Waals surface area contributed by atoms with Gasteiger partial charge in [-0.05, 0) is 39.5 Å². The zero-order chi connectivity index (χ0) is 9.90. The van der Waals surface area contributed by atoms with Gasteiger partial charge in [-0.25, -0.2) is 0 Å². The van der Waals surface area contributed by atoms with Gasteiger partial charge < -0.3 is 10.5 Å². The summed E-state index contributed by atoms with van der Waals surface area (Å²) in [4.78, 5) is 0. The Labute approximate surface area is 81.8 Å². The highest BCUT2D eigenvalue weighted by Crippen LogP contribution is 2.36. The minimum atomic E-state index is -0.0787. The molecule has 1 atom stereocenters. The number of nitrogens with two attached hydrogens (primary N) is 1. The van der Waals surface area contributed by atoms with Gasteiger partial charge in [0.05, 0.1) is 11.7 Å². The highest BCUT2D eigenvalue weighted by atomic mass is 16.5. The second kappa shape index (κ2) is 4.43. The summed E-state index contributed by atoms with van der Waals surface area (Å²) in [7, 11) is 0. The van der Waals surface area contributed by atoms with E-state index in [2.05, 4.69) is 20.8 Å². The smallest absolute Gasteiger partial charge is 0.0807 e. The van der Waals surface area contributed by atoms with Crippen molar-refractivity contribution < 1.29 is 4.74 Å². The Hall–Kier alpha value is -0.0800. The Morgan fingerprint density at radius 3 is 2.31 bits per heavy atom. The number of rotatable bonds is 4. The summed E-state index contributed by atoms with van der Waals surface area (Å²) in [6.45, 7) is 6.99. The molecule has 0 amide bonds. The Bertz CT molecular complexity index is 152. The quantitative estimate of drug-likeness (QED) is 0.729. The lowest BCUT2D eigenvalue weighted by Crippen LogP contribution is -2.45. The third-order valence-electron chi connectivity index (χ3n) is 3.13. The van der Waals surface area contributed by atoms with Crippen molar-refractivity contribution >= 4 is 0 Å². The molecular weight excluding hydrogens is 162 g/mol. The molecule has 2 heteroatoms. The minimum Gasteiger partial charge on any atom is -0.371 e. The van der Waals surface area contributed by atoms with Gasteiger partial charge in [-0.2, -0.15) is 0 Å². The summed E-state index contributed by atoms with van der Waals surface area (Å²) >= 11 is 0. The van der Waals surface area contributed by atoms with Gasteiger partial charge in [0.25, 0.3) is 0 Å². The second-order valence-electron chi connectivity index (χ2n) is 4.66. The van der Waals surface area contributed by atoms with Crippen LogP contribution in [0.4, 0.5) is 0 Å². The van der Waals surface area contributed by atoms with Crippen LogP contribution in [0.2, 0.25) is 0 Å². The van der Waals surface area contributed by atoms with E-state index in [-0.39, 0.29) is 11.7 Å². The van der Waals surface area contributed by atoms with Crippen molar-refractivity contribution in [3.8, 4) is 0 Å². The van der Waals surface area contributed by atoms with Crippen molar-refractivity contribution in [1.82, 2.24) is 0 Å². The third-order valence-corrected chi connectivity index (χ3v) is 3.13. The molecule has 0 aromatic heterocycles. The van der Waals surface area contributed by atoms with Gasteiger partial charge >= 0.3 is 0 Å². The third kappa shape index (κ3) is 2.68. The van der Waals surface area contributed by atoms with Gasteiger partial charge in [0.1, 0.15) is 0 Å². The molecule has 0 bridgehead atoms. The first kappa shape index (κ1) is 11.0. The molecule has 0 aromatic carbocycles. The summed E-state index contributed by atoms with van der Waals surface area (Å²) in [5.41, 5.74) is 5.73. The molecule has 1 saturated carbocycles. The number of ether oxygens (including phenoxy) is 1. The molecule has 1 fully saturated rings. The maximum atomic E-state index is 5.95. The van der Waals surface area contributed by atoms with Crippen LogP contribution in [0.1, 0.15) is 46.5 Å². The lowest BCUT2D eigenvalue weighted by atomic mass is 9.87. The number of hydrogen-bond donors (Lipinski definition) is 1. The van der Waals surface area contributed by atoms with E-state index < -0.39 is 0 Å². The fraction of sp³-hybridized carbons (Fsp3) is 1.00. The molecule has 2 nitrogen and oxygen atoms in total. The number of hydrogen-bond acceptors (Lipinski definition) is 2. The predicted molar refractivity (Wildman–Crippen MR) is 55.6 cm³/mol. The molecule has 0 aliphatic heterocycles. The highest BCUT2D eigenvalue weighted by molar-refractivity contribution is 4.88. The first-order chi connectivity index (χ1) is 6.08. The molecule has 1 aliphatic rings. The highest BCUT2D eigenvalue weighted by Gasteiger charge is 2.36. The molecule has 0 aromatic rings. The van der Waals surface area contributed by atoms with E-state index in [1.807, 2.05) is 0 Å². The second-order valence-corrected chi connectivity index (χ2v) is 4.66. The van der Waals surface area contributed by atoms with Gasteiger partial charge in [0.2, 0.25) is 0 Å². The Morgan fingerprint density at radius 2 is 1.92 bits per heavy atom. The first-order valence-corrected chi connectivity index (χ1v) is 5.46. The van der Waals surface area contributed by atoms with E-state index in [9.17, 15) is 0 Å². The van der Waals surface area contributed by atoms with Gasteiger partial charge in [0.15, 0.2) is 0 Å². The van der Waals surface area contributed by atoms with Crippen LogP contribution in [0.5, 0.6) is 0 Å². The van der Waals surface area contributed by atoms with Crippen LogP contribution in [0.3, 0.4) is 0 Å². The zero-order valence-corrected chi connectivity index (χ0v) is 9.18. The molecule has 78 valence electrons. The molecule has 0 heterocycles. The fourth-order valence-electron chi connectivity index (χ4n) is 2.39. The van der Waals surface area contributed by atoms with Crippen LogP contribution >= 0.6 is 0 Å². The largest absolute Gasteiger partial charge is 0.371 e. The van der Waals surface area contributed by atoms with E-state index >= 15 is 0 Å². The van der Waals surface area contributed by atoms with Crippen LogP contribution < -0.4 is 5.73 Å². The topological polar surface area (TPSA) is 35.2 Å². The molecule has 0 radical (unpaired) electrons. The van der Waals surface area contributed by atoms with Gasteiger partial charge in [-0.1, -0.05) is 12.8 Å². The van der Waals surface area contributed by atoms with E-state index in [4.69, 9.17) is 10.5 Å². The van der Waals surface area contributed by atoms with Crippen LogP contribution in [0, 0.1) is 5.92 Å². The summed E-state index contributed by atoms with van der Waals surface area (Å²) in [6, 6.07) is 0.